The van der Waals surface area contributed by atoms with Gasteiger partial charge in [0.05, 0.1) is 17.9 Å². The molecule has 2 heterocycles. The Morgan fingerprint density at radius 1 is 0.958 bits per heavy atom. The molecule has 1 aromatic carbocycles. The van der Waals surface area contributed by atoms with E-state index in [-0.39, 0.29) is 5.91 Å². The fourth-order valence-corrected chi connectivity index (χ4v) is 2.67. The van der Waals surface area contributed by atoms with Gasteiger partial charge in [-0.3, -0.25) is 14.8 Å². The van der Waals surface area contributed by atoms with Crippen LogP contribution in [0.25, 0.3) is 0 Å². The van der Waals surface area contributed by atoms with Crippen molar-refractivity contribution in [3.63, 3.8) is 0 Å². The molecular weight excluding hydrogens is 298 g/mol. The molecule has 120 valence electrons. The summed E-state index contributed by atoms with van der Waals surface area (Å²) in [6.45, 7) is 2.41. The number of nitrogens with one attached hydrogen (secondary N) is 1. The van der Waals surface area contributed by atoms with Crippen molar-refractivity contribution in [1.29, 1.82) is 0 Å². The molecule has 4 heteroatoms. The Hall–Kier alpha value is -3.01. The van der Waals surface area contributed by atoms with Gasteiger partial charge in [-0.2, -0.15) is 0 Å². The van der Waals surface area contributed by atoms with Crippen LogP contribution in [0.2, 0.25) is 0 Å². The van der Waals surface area contributed by atoms with E-state index in [0.717, 1.165) is 22.5 Å². The second-order valence-corrected chi connectivity index (χ2v) is 5.58. The van der Waals surface area contributed by atoms with Crippen molar-refractivity contribution in [2.45, 2.75) is 19.4 Å². The summed E-state index contributed by atoms with van der Waals surface area (Å²) in [5, 5.41) is 2.98. The largest absolute Gasteiger partial charge is 0.350 e. The zero-order valence-electron chi connectivity index (χ0n) is 13.5. The highest BCUT2D eigenvalue weighted by Gasteiger charge is 2.25. The molecule has 0 bridgehead atoms. The van der Waals surface area contributed by atoms with Crippen LogP contribution in [0.1, 0.15) is 28.4 Å². The van der Waals surface area contributed by atoms with E-state index in [4.69, 9.17) is 0 Å². The zero-order chi connectivity index (χ0) is 16.8. The highest BCUT2D eigenvalue weighted by Crippen LogP contribution is 2.26. The number of rotatable bonds is 5. The predicted octanol–water partition coefficient (Wildman–Crippen LogP) is 3.23. The van der Waals surface area contributed by atoms with E-state index in [9.17, 15) is 4.79 Å². The van der Waals surface area contributed by atoms with Crippen molar-refractivity contribution in [3.05, 3.63) is 95.6 Å². The number of amides is 1. The van der Waals surface area contributed by atoms with Crippen molar-refractivity contribution in [1.82, 2.24) is 15.3 Å². The van der Waals surface area contributed by atoms with E-state index in [0.29, 0.717) is 6.54 Å². The van der Waals surface area contributed by atoms with Gasteiger partial charge in [0.1, 0.15) is 5.92 Å². The lowest BCUT2D eigenvalue weighted by Gasteiger charge is -2.18. The minimum atomic E-state index is -0.434. The summed E-state index contributed by atoms with van der Waals surface area (Å²) >= 11 is 0. The fourth-order valence-electron chi connectivity index (χ4n) is 2.67. The fraction of sp³-hybridized carbons (Fsp3) is 0.150. The van der Waals surface area contributed by atoms with E-state index in [1.165, 1.54) is 0 Å². The van der Waals surface area contributed by atoms with E-state index in [2.05, 4.69) is 15.3 Å². The van der Waals surface area contributed by atoms with Crippen LogP contribution < -0.4 is 5.32 Å². The third kappa shape index (κ3) is 3.66. The van der Waals surface area contributed by atoms with Crippen LogP contribution in [0, 0.1) is 6.92 Å². The molecule has 1 N–H and O–H groups in total. The van der Waals surface area contributed by atoms with Gasteiger partial charge >= 0.3 is 0 Å². The number of carbonyl (C=O) groups excluding carboxylic acids is 1. The molecule has 3 aromatic rings. The molecular formula is C20H19N3O. The Morgan fingerprint density at radius 3 is 2.33 bits per heavy atom. The summed E-state index contributed by atoms with van der Waals surface area (Å²) in [6.07, 6.45) is 3.44. The number of hydrogen-bond acceptors (Lipinski definition) is 3. The number of benzene rings is 1. The smallest absolute Gasteiger partial charge is 0.233 e. The van der Waals surface area contributed by atoms with Crippen LogP contribution in [0.15, 0.2) is 73.1 Å². The van der Waals surface area contributed by atoms with E-state index in [1.807, 2.05) is 67.6 Å². The average molecular weight is 317 g/mol. The molecule has 0 spiro atoms. The lowest BCUT2D eigenvalue weighted by Crippen LogP contribution is -2.30. The molecule has 0 saturated heterocycles. The van der Waals surface area contributed by atoms with E-state index in [1.54, 1.807) is 12.4 Å². The van der Waals surface area contributed by atoms with Gasteiger partial charge in [-0.1, -0.05) is 36.4 Å². The first kappa shape index (κ1) is 15.9. The molecule has 1 atom stereocenters. The number of pyridine rings is 2. The minimum absolute atomic E-state index is 0.0753. The maximum atomic E-state index is 12.9. The quantitative estimate of drug-likeness (QED) is 0.786. The number of carbonyl (C=O) groups is 1. The van der Waals surface area contributed by atoms with Crippen LogP contribution in [0.3, 0.4) is 0 Å². The van der Waals surface area contributed by atoms with Crippen molar-refractivity contribution < 1.29 is 4.79 Å². The molecule has 0 aliphatic carbocycles. The van der Waals surface area contributed by atoms with Gasteiger partial charge in [-0.15, -0.1) is 0 Å². The van der Waals surface area contributed by atoms with Gasteiger partial charge in [0.15, 0.2) is 0 Å². The summed E-state index contributed by atoms with van der Waals surface area (Å²) in [5.41, 5.74) is 3.61. The Bertz CT molecular complexity index is 803. The minimum Gasteiger partial charge on any atom is -0.350 e. The van der Waals surface area contributed by atoms with Gasteiger partial charge in [0.2, 0.25) is 5.91 Å². The lowest BCUT2D eigenvalue weighted by molar-refractivity contribution is -0.121. The molecule has 0 saturated carbocycles. The molecule has 2 aromatic heterocycles. The molecule has 0 aliphatic heterocycles. The summed E-state index contributed by atoms with van der Waals surface area (Å²) < 4.78 is 0. The van der Waals surface area contributed by atoms with Crippen LogP contribution in [-0.4, -0.2) is 15.9 Å². The maximum absolute atomic E-state index is 12.9. The first-order valence-corrected chi connectivity index (χ1v) is 7.90. The van der Waals surface area contributed by atoms with Gasteiger partial charge in [-0.05, 0) is 42.3 Å². The summed E-state index contributed by atoms with van der Waals surface area (Å²) in [5.74, 6) is -0.509. The summed E-state index contributed by atoms with van der Waals surface area (Å²) in [7, 11) is 0. The van der Waals surface area contributed by atoms with Crippen LogP contribution in [-0.2, 0) is 11.3 Å². The van der Waals surface area contributed by atoms with Gasteiger partial charge in [0.25, 0.3) is 0 Å². The second-order valence-electron chi connectivity index (χ2n) is 5.58. The molecule has 0 fully saturated rings. The number of aryl methyl sites for hydroxylation is 1. The van der Waals surface area contributed by atoms with Gasteiger partial charge in [-0.25, -0.2) is 0 Å². The zero-order valence-corrected chi connectivity index (χ0v) is 13.5. The molecule has 1 unspecified atom stereocenters. The van der Waals surface area contributed by atoms with Gasteiger partial charge < -0.3 is 5.32 Å². The van der Waals surface area contributed by atoms with E-state index >= 15 is 0 Å². The average Bonchev–Trinajstić information content (AvgIpc) is 2.64. The number of hydrogen-bond donors (Lipinski definition) is 1. The van der Waals surface area contributed by atoms with Gasteiger partial charge in [0, 0.05) is 12.4 Å². The highest BCUT2D eigenvalue weighted by atomic mass is 16.1. The van der Waals surface area contributed by atoms with Crippen LogP contribution in [0.5, 0.6) is 0 Å². The molecule has 0 aliphatic rings. The Kier molecular flexibility index (Phi) is 4.96. The summed E-state index contributed by atoms with van der Waals surface area (Å²) in [6, 6.07) is 19.2. The van der Waals surface area contributed by atoms with Crippen molar-refractivity contribution in [3.8, 4) is 0 Å². The molecule has 24 heavy (non-hydrogen) atoms. The first-order valence-electron chi connectivity index (χ1n) is 7.90. The number of nitrogens with zero attached hydrogens (tertiary/aromatic N) is 2. The Balaban J connectivity index is 1.87. The highest BCUT2D eigenvalue weighted by molar-refractivity contribution is 5.87. The summed E-state index contributed by atoms with van der Waals surface area (Å²) in [4.78, 5) is 21.5. The van der Waals surface area contributed by atoms with Crippen LogP contribution >= 0.6 is 0 Å². The SMILES string of the molecule is Cc1ccccc1C(C(=O)NCc1ccccn1)c1ccccn1. The van der Waals surface area contributed by atoms with Crippen molar-refractivity contribution in [2.75, 3.05) is 0 Å². The lowest BCUT2D eigenvalue weighted by atomic mass is 9.90. The molecule has 1 amide bonds. The topological polar surface area (TPSA) is 54.9 Å². The maximum Gasteiger partial charge on any atom is 0.233 e. The monoisotopic (exact) mass is 317 g/mol. The second kappa shape index (κ2) is 7.51. The standard InChI is InChI=1S/C20H19N3O/c1-15-8-2-3-10-17(15)19(18-11-5-7-13-22-18)20(24)23-14-16-9-4-6-12-21-16/h2-13,19H,14H2,1H3,(H,23,24). The normalized spacial score (nSPS) is 11.7. The van der Waals surface area contributed by atoms with Crippen molar-refractivity contribution in [2.24, 2.45) is 0 Å². The molecule has 0 radical (unpaired) electrons. The number of aromatic nitrogens is 2. The molecule has 4 nitrogen and oxygen atoms in total. The third-order valence-electron chi connectivity index (χ3n) is 3.92. The third-order valence-corrected chi connectivity index (χ3v) is 3.92. The Morgan fingerprint density at radius 2 is 1.67 bits per heavy atom. The predicted molar refractivity (Wildman–Crippen MR) is 93.3 cm³/mol. The first-order chi connectivity index (χ1) is 11.8. The van der Waals surface area contributed by atoms with Crippen molar-refractivity contribution >= 4 is 5.91 Å². The van der Waals surface area contributed by atoms with Crippen LogP contribution in [0.4, 0.5) is 0 Å². The Labute approximate surface area is 141 Å². The molecule has 3 rings (SSSR count). The van der Waals surface area contributed by atoms with E-state index < -0.39 is 5.92 Å².